The molecule has 0 saturated heterocycles. The topological polar surface area (TPSA) is 17.1 Å². The summed E-state index contributed by atoms with van der Waals surface area (Å²) in [5.74, 6) is 0. The van der Waals surface area contributed by atoms with Gasteiger partial charge in [-0.3, -0.25) is 4.79 Å². The molecule has 0 heterocycles. The SMILES string of the molecule is CCCC/C=C/C=C\CCCCCCCC(=O)F. The van der Waals surface area contributed by atoms with Crippen molar-refractivity contribution in [3.8, 4) is 0 Å². The Labute approximate surface area is 111 Å². The number of halogens is 1. The molecule has 0 atom stereocenters. The summed E-state index contributed by atoms with van der Waals surface area (Å²) in [6.45, 7) is 2.20. The van der Waals surface area contributed by atoms with Crippen molar-refractivity contribution in [2.24, 2.45) is 0 Å². The average molecular weight is 254 g/mol. The quantitative estimate of drug-likeness (QED) is 0.255. The molecule has 0 bridgehead atoms. The molecule has 0 rings (SSSR count). The number of unbranched alkanes of at least 4 members (excludes halogenated alkanes) is 7. The fraction of sp³-hybridized carbons (Fsp3) is 0.688. The highest BCUT2D eigenvalue weighted by molar-refractivity contribution is 5.67. The van der Waals surface area contributed by atoms with Crippen molar-refractivity contribution in [1.29, 1.82) is 0 Å². The number of allylic oxidation sites excluding steroid dienone is 4. The van der Waals surface area contributed by atoms with E-state index in [1.807, 2.05) is 0 Å². The molecular weight excluding hydrogens is 227 g/mol. The first kappa shape index (κ1) is 17.1. The monoisotopic (exact) mass is 254 g/mol. The summed E-state index contributed by atoms with van der Waals surface area (Å²) >= 11 is 0. The molecule has 0 saturated carbocycles. The van der Waals surface area contributed by atoms with Crippen LogP contribution < -0.4 is 0 Å². The second-order valence-electron chi connectivity index (χ2n) is 4.66. The first-order valence-corrected chi connectivity index (χ1v) is 7.27. The Balaban J connectivity index is 3.17. The lowest BCUT2D eigenvalue weighted by atomic mass is 10.1. The van der Waals surface area contributed by atoms with Crippen LogP contribution in [0.25, 0.3) is 0 Å². The number of carbonyl (C=O) groups excluding carboxylic acids is 1. The summed E-state index contributed by atoms with van der Waals surface area (Å²) in [5.41, 5.74) is 0. The number of hydrogen-bond acceptors (Lipinski definition) is 1. The molecule has 104 valence electrons. The molecule has 0 amide bonds. The molecule has 0 aromatic rings. The van der Waals surface area contributed by atoms with Crippen molar-refractivity contribution in [3.05, 3.63) is 24.3 Å². The molecule has 0 N–H and O–H groups in total. The molecule has 0 aliphatic carbocycles. The molecular formula is C16H27FO. The van der Waals surface area contributed by atoms with Crippen LogP contribution in [-0.2, 0) is 4.79 Å². The highest BCUT2D eigenvalue weighted by Gasteiger charge is 1.96. The molecule has 0 unspecified atom stereocenters. The summed E-state index contributed by atoms with van der Waals surface area (Å²) in [6, 6.07) is -1.17. The largest absolute Gasteiger partial charge is 0.301 e. The lowest BCUT2D eigenvalue weighted by Gasteiger charge is -1.97. The van der Waals surface area contributed by atoms with Gasteiger partial charge in [-0.1, -0.05) is 63.3 Å². The van der Waals surface area contributed by atoms with Crippen molar-refractivity contribution in [1.82, 2.24) is 0 Å². The maximum Gasteiger partial charge on any atom is 0.301 e. The van der Waals surface area contributed by atoms with Gasteiger partial charge in [-0.2, -0.15) is 4.39 Å². The highest BCUT2D eigenvalue weighted by atomic mass is 19.1. The van der Waals surface area contributed by atoms with E-state index in [1.54, 1.807) is 0 Å². The summed E-state index contributed by atoms with van der Waals surface area (Å²) in [4.78, 5) is 10.1. The molecule has 0 radical (unpaired) electrons. The maximum atomic E-state index is 11.9. The third-order valence-corrected chi connectivity index (χ3v) is 2.85. The predicted octanol–water partition coefficient (Wildman–Crippen LogP) is 5.52. The summed E-state index contributed by atoms with van der Waals surface area (Å²) in [5, 5.41) is 0. The van der Waals surface area contributed by atoms with E-state index in [4.69, 9.17) is 0 Å². The van der Waals surface area contributed by atoms with Gasteiger partial charge in [0.1, 0.15) is 0 Å². The van der Waals surface area contributed by atoms with Gasteiger partial charge in [-0.05, 0) is 25.7 Å². The van der Waals surface area contributed by atoms with Crippen LogP contribution in [0.2, 0.25) is 0 Å². The Kier molecular flexibility index (Phi) is 13.4. The second kappa shape index (κ2) is 14.1. The second-order valence-corrected chi connectivity index (χ2v) is 4.66. The summed E-state index contributed by atoms with van der Waals surface area (Å²) < 4.78 is 11.9. The summed E-state index contributed by atoms with van der Waals surface area (Å²) in [7, 11) is 0. The molecule has 2 heteroatoms. The van der Waals surface area contributed by atoms with Crippen LogP contribution in [-0.4, -0.2) is 6.04 Å². The lowest BCUT2D eigenvalue weighted by molar-refractivity contribution is -0.129. The van der Waals surface area contributed by atoms with E-state index >= 15 is 0 Å². The van der Waals surface area contributed by atoms with Crippen LogP contribution in [0, 0.1) is 0 Å². The summed E-state index contributed by atoms with van der Waals surface area (Å²) in [6.07, 6.45) is 18.7. The van der Waals surface area contributed by atoms with Gasteiger partial charge in [-0.25, -0.2) is 0 Å². The number of hydrogen-bond donors (Lipinski definition) is 0. The van der Waals surface area contributed by atoms with Crippen molar-refractivity contribution < 1.29 is 9.18 Å². The van der Waals surface area contributed by atoms with Gasteiger partial charge in [0.05, 0.1) is 0 Å². The average Bonchev–Trinajstić information content (AvgIpc) is 2.34. The van der Waals surface area contributed by atoms with Crippen molar-refractivity contribution >= 4 is 6.04 Å². The third kappa shape index (κ3) is 15.1. The van der Waals surface area contributed by atoms with Crippen LogP contribution in [0.1, 0.15) is 71.1 Å². The van der Waals surface area contributed by atoms with E-state index in [0.717, 1.165) is 19.3 Å². The Morgan fingerprint density at radius 1 is 0.889 bits per heavy atom. The molecule has 0 aliphatic heterocycles. The van der Waals surface area contributed by atoms with E-state index in [9.17, 15) is 9.18 Å². The molecule has 18 heavy (non-hydrogen) atoms. The molecule has 0 aromatic carbocycles. The zero-order valence-corrected chi connectivity index (χ0v) is 11.7. The standard InChI is InChI=1S/C16H27FO/c1-2-3-4-5-6-7-8-9-10-11-12-13-14-15-16(17)18/h5-8H,2-4,9-15H2,1H3/b6-5+,8-7-. The van der Waals surface area contributed by atoms with Crippen LogP contribution in [0.4, 0.5) is 4.39 Å². The Morgan fingerprint density at radius 2 is 1.44 bits per heavy atom. The highest BCUT2D eigenvalue weighted by Crippen LogP contribution is 2.08. The van der Waals surface area contributed by atoms with Gasteiger partial charge in [-0.15, -0.1) is 0 Å². The minimum Gasteiger partial charge on any atom is -0.261 e. The third-order valence-electron chi connectivity index (χ3n) is 2.85. The molecule has 0 spiro atoms. The fourth-order valence-corrected chi connectivity index (χ4v) is 1.73. The Bertz CT molecular complexity index is 243. The maximum absolute atomic E-state index is 11.9. The smallest absolute Gasteiger partial charge is 0.261 e. The molecule has 0 aliphatic rings. The zero-order chi connectivity index (χ0) is 13.5. The Hall–Kier alpha value is -0.920. The zero-order valence-electron chi connectivity index (χ0n) is 11.7. The van der Waals surface area contributed by atoms with Crippen molar-refractivity contribution in [2.75, 3.05) is 0 Å². The molecule has 0 aromatic heterocycles. The van der Waals surface area contributed by atoms with Gasteiger partial charge >= 0.3 is 6.04 Å². The van der Waals surface area contributed by atoms with Gasteiger partial charge in [0, 0.05) is 6.42 Å². The minimum absolute atomic E-state index is 0.0997. The minimum atomic E-state index is -1.17. The van der Waals surface area contributed by atoms with Gasteiger partial charge in [0.2, 0.25) is 0 Å². The first-order valence-electron chi connectivity index (χ1n) is 7.27. The van der Waals surface area contributed by atoms with E-state index in [1.165, 1.54) is 32.1 Å². The number of rotatable bonds is 12. The van der Waals surface area contributed by atoms with E-state index in [-0.39, 0.29) is 6.42 Å². The fourth-order valence-electron chi connectivity index (χ4n) is 1.73. The first-order chi connectivity index (χ1) is 8.77. The van der Waals surface area contributed by atoms with Gasteiger partial charge in [0.25, 0.3) is 0 Å². The van der Waals surface area contributed by atoms with Crippen LogP contribution >= 0.6 is 0 Å². The molecule has 0 fully saturated rings. The lowest BCUT2D eigenvalue weighted by Crippen LogP contribution is -1.87. The van der Waals surface area contributed by atoms with Crippen molar-refractivity contribution in [3.63, 3.8) is 0 Å². The number of carbonyl (C=O) groups is 1. The van der Waals surface area contributed by atoms with E-state index < -0.39 is 6.04 Å². The van der Waals surface area contributed by atoms with E-state index in [0.29, 0.717) is 6.42 Å². The van der Waals surface area contributed by atoms with Gasteiger partial charge < -0.3 is 0 Å². The molecule has 1 nitrogen and oxygen atoms in total. The Morgan fingerprint density at radius 3 is 2.06 bits per heavy atom. The van der Waals surface area contributed by atoms with Crippen molar-refractivity contribution in [2.45, 2.75) is 71.1 Å². The van der Waals surface area contributed by atoms with E-state index in [2.05, 4.69) is 31.2 Å². The van der Waals surface area contributed by atoms with Crippen LogP contribution in [0.15, 0.2) is 24.3 Å². The predicted molar refractivity (Wildman–Crippen MR) is 76.2 cm³/mol. The normalized spacial score (nSPS) is 11.7. The van der Waals surface area contributed by atoms with Crippen LogP contribution in [0.3, 0.4) is 0 Å². The van der Waals surface area contributed by atoms with Gasteiger partial charge in [0.15, 0.2) is 0 Å². The van der Waals surface area contributed by atoms with Crippen LogP contribution in [0.5, 0.6) is 0 Å².